The quantitative estimate of drug-likeness (QED) is 0.547. The van der Waals surface area contributed by atoms with Crippen LogP contribution in [-0.2, 0) is 16.0 Å². The van der Waals surface area contributed by atoms with Gasteiger partial charge in [-0.25, -0.2) is 0 Å². The summed E-state index contributed by atoms with van der Waals surface area (Å²) in [6.07, 6.45) is 4.72. The average molecular weight is 306 g/mol. The Labute approximate surface area is 137 Å². The molecule has 1 aromatic carbocycles. The van der Waals surface area contributed by atoms with Crippen LogP contribution in [0.25, 0.3) is 0 Å². The van der Waals surface area contributed by atoms with E-state index in [-0.39, 0.29) is 11.7 Å². The van der Waals surface area contributed by atoms with E-state index in [1.165, 1.54) is 12.0 Å². The van der Waals surface area contributed by atoms with Crippen molar-refractivity contribution in [2.45, 2.75) is 60.5 Å². The molecule has 1 unspecified atom stereocenters. The van der Waals surface area contributed by atoms with Gasteiger partial charge in [-0.15, -0.1) is 6.58 Å². The molecule has 1 atom stereocenters. The Morgan fingerprint density at radius 2 is 1.73 bits per heavy atom. The lowest BCUT2D eigenvalue weighted by atomic mass is 10.1. The second-order valence-corrected chi connectivity index (χ2v) is 5.38. The first-order valence-corrected chi connectivity index (χ1v) is 8.15. The van der Waals surface area contributed by atoms with Crippen LogP contribution >= 0.6 is 0 Å². The highest BCUT2D eigenvalue weighted by atomic mass is 16.6. The number of allylic oxidation sites excluding steroid dienone is 1. The third-order valence-electron chi connectivity index (χ3n) is 2.92. The summed E-state index contributed by atoms with van der Waals surface area (Å²) in [6.45, 7) is 15.9. The minimum Gasteiger partial charge on any atom is -0.373 e. The van der Waals surface area contributed by atoms with E-state index in [9.17, 15) is 4.79 Å². The van der Waals surface area contributed by atoms with Crippen LogP contribution in [0.4, 0.5) is 0 Å². The van der Waals surface area contributed by atoms with Crippen LogP contribution in [0, 0.1) is 5.92 Å². The van der Waals surface area contributed by atoms with Crippen LogP contribution < -0.4 is 0 Å². The standard InChI is InChI=1S/C8H10.C5H10O.C4H8O.C3H6/c1-2-8-6-4-3-5-7-8;1-4(2)5(3)6;1-2-4-3-5-4;1-3-2/h3-7H,2H2,1H3;4H,1-3H3;4H,2-3H2,1H3;3H,1H2,2H3. The lowest BCUT2D eigenvalue weighted by molar-refractivity contribution is -0.119. The van der Waals surface area contributed by atoms with Crippen LogP contribution in [-0.4, -0.2) is 18.5 Å². The molecule has 0 aliphatic carbocycles. The molecular formula is C20H34O2. The van der Waals surface area contributed by atoms with E-state index < -0.39 is 0 Å². The van der Waals surface area contributed by atoms with E-state index in [0.717, 1.165) is 13.0 Å². The molecule has 1 aliphatic rings. The first-order valence-electron chi connectivity index (χ1n) is 8.15. The van der Waals surface area contributed by atoms with Gasteiger partial charge in [0.2, 0.25) is 0 Å². The molecule has 0 aromatic heterocycles. The largest absolute Gasteiger partial charge is 0.373 e. The Kier molecular flexibility index (Phi) is 16.6. The molecule has 2 rings (SSSR count). The van der Waals surface area contributed by atoms with Gasteiger partial charge in [0.15, 0.2) is 0 Å². The Morgan fingerprint density at radius 1 is 1.32 bits per heavy atom. The van der Waals surface area contributed by atoms with Gasteiger partial charge in [-0.3, -0.25) is 4.79 Å². The predicted octanol–water partition coefficient (Wildman–Crippen LogP) is 5.47. The van der Waals surface area contributed by atoms with Crippen molar-refractivity contribution < 1.29 is 9.53 Å². The molecule has 1 fully saturated rings. The minimum atomic E-state index is 0.213. The molecule has 0 saturated carbocycles. The Morgan fingerprint density at radius 3 is 1.86 bits per heavy atom. The Bertz CT molecular complexity index is 365. The van der Waals surface area contributed by atoms with E-state index in [0.29, 0.717) is 6.10 Å². The van der Waals surface area contributed by atoms with E-state index in [1.54, 1.807) is 13.0 Å². The van der Waals surface area contributed by atoms with Crippen LogP contribution in [0.5, 0.6) is 0 Å². The van der Waals surface area contributed by atoms with Crippen molar-refractivity contribution in [2.24, 2.45) is 5.92 Å². The summed E-state index contributed by atoms with van der Waals surface area (Å²) in [5.41, 5.74) is 1.41. The van der Waals surface area contributed by atoms with Gasteiger partial charge < -0.3 is 4.74 Å². The van der Waals surface area contributed by atoms with E-state index >= 15 is 0 Å². The fraction of sp³-hybridized carbons (Fsp3) is 0.550. The third kappa shape index (κ3) is 18.6. The van der Waals surface area contributed by atoms with Crippen LogP contribution in [0.3, 0.4) is 0 Å². The van der Waals surface area contributed by atoms with Gasteiger partial charge in [0.25, 0.3) is 0 Å². The van der Waals surface area contributed by atoms with Gasteiger partial charge >= 0.3 is 0 Å². The van der Waals surface area contributed by atoms with Crippen molar-refractivity contribution >= 4 is 5.78 Å². The average Bonchev–Trinajstić information content (AvgIpc) is 3.34. The number of ketones is 1. The fourth-order valence-corrected chi connectivity index (χ4v) is 1.02. The highest BCUT2D eigenvalue weighted by molar-refractivity contribution is 5.77. The van der Waals surface area contributed by atoms with Gasteiger partial charge in [0.05, 0.1) is 12.7 Å². The topological polar surface area (TPSA) is 29.6 Å². The number of hydrogen-bond acceptors (Lipinski definition) is 2. The first-order chi connectivity index (χ1) is 10.4. The molecule has 1 aliphatic heterocycles. The summed E-state index contributed by atoms with van der Waals surface area (Å²) in [5.74, 6) is 0.472. The van der Waals surface area contributed by atoms with Crippen molar-refractivity contribution in [3.63, 3.8) is 0 Å². The Hall–Kier alpha value is -1.41. The smallest absolute Gasteiger partial charge is 0.132 e. The molecule has 1 heterocycles. The second kappa shape index (κ2) is 16.0. The summed E-state index contributed by atoms with van der Waals surface area (Å²) >= 11 is 0. The molecule has 0 radical (unpaired) electrons. The first kappa shape index (κ1) is 22.9. The van der Waals surface area contributed by atoms with E-state index in [4.69, 9.17) is 4.74 Å². The predicted molar refractivity (Wildman–Crippen MR) is 97.2 cm³/mol. The molecule has 126 valence electrons. The molecule has 0 spiro atoms. The zero-order valence-electron chi connectivity index (χ0n) is 15.3. The molecule has 2 nitrogen and oxygen atoms in total. The van der Waals surface area contributed by atoms with Gasteiger partial charge in [-0.05, 0) is 32.3 Å². The molecule has 1 aromatic rings. The van der Waals surface area contributed by atoms with Gasteiger partial charge in [-0.1, -0.05) is 64.1 Å². The van der Waals surface area contributed by atoms with Gasteiger partial charge in [0, 0.05) is 5.92 Å². The summed E-state index contributed by atoms with van der Waals surface area (Å²) < 4.78 is 4.86. The molecule has 2 heteroatoms. The third-order valence-corrected chi connectivity index (χ3v) is 2.92. The number of aryl methyl sites for hydroxylation is 1. The van der Waals surface area contributed by atoms with Gasteiger partial charge in [-0.2, -0.15) is 0 Å². The number of Topliss-reactive ketones (excluding diaryl/α,β-unsaturated/α-hetero) is 1. The summed E-state index contributed by atoms with van der Waals surface area (Å²) in [6, 6.07) is 10.5. The zero-order chi connectivity index (χ0) is 17.4. The second-order valence-electron chi connectivity index (χ2n) is 5.38. The zero-order valence-corrected chi connectivity index (χ0v) is 15.3. The molecule has 22 heavy (non-hydrogen) atoms. The highest BCUT2D eigenvalue weighted by Crippen LogP contribution is 2.10. The van der Waals surface area contributed by atoms with Crippen molar-refractivity contribution in [2.75, 3.05) is 6.61 Å². The number of carbonyl (C=O) groups excluding carboxylic acids is 1. The van der Waals surface area contributed by atoms with E-state index in [2.05, 4.69) is 44.7 Å². The normalized spacial score (nSPS) is 14.2. The SMILES string of the molecule is C=CC.CC(=O)C(C)C.CCC1CO1.CCc1ccccc1. The summed E-state index contributed by atoms with van der Waals surface area (Å²) in [4.78, 5) is 10.1. The molecule has 0 amide bonds. The number of carbonyl (C=O) groups is 1. The number of benzene rings is 1. The van der Waals surface area contributed by atoms with Crippen LogP contribution in [0.15, 0.2) is 43.0 Å². The summed E-state index contributed by atoms with van der Waals surface area (Å²) in [5, 5.41) is 0. The van der Waals surface area contributed by atoms with Crippen molar-refractivity contribution in [3.05, 3.63) is 48.6 Å². The van der Waals surface area contributed by atoms with Crippen molar-refractivity contribution in [3.8, 4) is 0 Å². The number of rotatable bonds is 3. The van der Waals surface area contributed by atoms with E-state index in [1.807, 2.05) is 26.8 Å². The van der Waals surface area contributed by atoms with Gasteiger partial charge in [0.1, 0.15) is 5.78 Å². The monoisotopic (exact) mass is 306 g/mol. The Balaban J connectivity index is 0. The van der Waals surface area contributed by atoms with Crippen molar-refractivity contribution in [1.29, 1.82) is 0 Å². The number of hydrogen-bond donors (Lipinski definition) is 0. The summed E-state index contributed by atoms with van der Waals surface area (Å²) in [7, 11) is 0. The fourth-order valence-electron chi connectivity index (χ4n) is 1.02. The maximum Gasteiger partial charge on any atom is 0.132 e. The maximum absolute atomic E-state index is 10.1. The molecular weight excluding hydrogens is 272 g/mol. The van der Waals surface area contributed by atoms with Crippen LogP contribution in [0.2, 0.25) is 0 Å². The minimum absolute atomic E-state index is 0.213. The molecule has 1 saturated heterocycles. The number of epoxide rings is 1. The molecule has 0 bridgehead atoms. The highest BCUT2D eigenvalue weighted by Gasteiger charge is 2.18. The van der Waals surface area contributed by atoms with Crippen LogP contribution in [0.1, 0.15) is 53.5 Å². The lowest BCUT2D eigenvalue weighted by Gasteiger charge is -1.90. The molecule has 0 N–H and O–H groups in total. The van der Waals surface area contributed by atoms with Crippen molar-refractivity contribution in [1.82, 2.24) is 0 Å². The lowest BCUT2D eigenvalue weighted by Crippen LogP contribution is -1.98. The number of ether oxygens (including phenoxy) is 1. The maximum atomic E-state index is 10.1.